The topological polar surface area (TPSA) is 69.0 Å². The fourth-order valence-corrected chi connectivity index (χ4v) is 4.23. The monoisotopic (exact) mass is 458 g/mol. The maximum Gasteiger partial charge on any atom is 0.237 e. The molecule has 7 heteroatoms. The standard InChI is InChI=1S/C26H26N4O2S/c1-17-9-13-21(14-10-17)30-24(20-11-15-22(32-4)16-12-20)28-29-26(30)33-19(3)25(31)27-23-8-6-5-7-18(23)2/h5-16,19H,1-4H3,(H,27,31). The van der Waals surface area contributed by atoms with Gasteiger partial charge in [-0.3, -0.25) is 9.36 Å². The summed E-state index contributed by atoms with van der Waals surface area (Å²) in [7, 11) is 1.64. The predicted octanol–water partition coefficient (Wildman–Crippen LogP) is 5.68. The van der Waals surface area contributed by atoms with Crippen LogP contribution in [0.4, 0.5) is 5.69 Å². The highest BCUT2D eigenvalue weighted by Gasteiger charge is 2.22. The lowest BCUT2D eigenvalue weighted by atomic mass is 10.2. The molecule has 0 aliphatic carbocycles. The highest BCUT2D eigenvalue weighted by molar-refractivity contribution is 8.00. The molecule has 1 aromatic heterocycles. The fraction of sp³-hybridized carbons (Fsp3) is 0.192. The number of para-hydroxylation sites is 1. The largest absolute Gasteiger partial charge is 0.497 e. The van der Waals surface area contributed by atoms with Crippen LogP contribution in [-0.2, 0) is 4.79 Å². The van der Waals surface area contributed by atoms with Gasteiger partial charge in [-0.1, -0.05) is 47.7 Å². The van der Waals surface area contributed by atoms with Gasteiger partial charge in [-0.2, -0.15) is 0 Å². The molecular weight excluding hydrogens is 432 g/mol. The zero-order valence-corrected chi connectivity index (χ0v) is 19.9. The minimum absolute atomic E-state index is 0.0845. The van der Waals surface area contributed by atoms with Crippen LogP contribution in [0.2, 0.25) is 0 Å². The highest BCUT2D eigenvalue weighted by Crippen LogP contribution is 2.31. The van der Waals surface area contributed by atoms with E-state index in [9.17, 15) is 4.79 Å². The summed E-state index contributed by atoms with van der Waals surface area (Å²) >= 11 is 1.38. The molecule has 0 aliphatic heterocycles. The average Bonchev–Trinajstić information content (AvgIpc) is 3.24. The number of benzene rings is 3. The number of nitrogens with zero attached hydrogens (tertiary/aromatic N) is 3. The van der Waals surface area contributed by atoms with Crippen LogP contribution in [0.25, 0.3) is 17.1 Å². The van der Waals surface area contributed by atoms with Crippen LogP contribution >= 0.6 is 11.8 Å². The number of thioether (sulfide) groups is 1. The van der Waals surface area contributed by atoms with Gasteiger partial charge in [-0.15, -0.1) is 10.2 Å². The molecule has 0 aliphatic rings. The Balaban J connectivity index is 1.66. The number of hydrogen-bond donors (Lipinski definition) is 1. The van der Waals surface area contributed by atoms with E-state index < -0.39 is 0 Å². The fourth-order valence-electron chi connectivity index (χ4n) is 3.36. The van der Waals surface area contributed by atoms with Crippen molar-refractivity contribution in [2.24, 2.45) is 0 Å². The maximum absolute atomic E-state index is 12.9. The Morgan fingerprint density at radius 2 is 1.67 bits per heavy atom. The van der Waals surface area contributed by atoms with Gasteiger partial charge < -0.3 is 10.1 Å². The number of aromatic nitrogens is 3. The van der Waals surface area contributed by atoms with Crippen molar-refractivity contribution >= 4 is 23.4 Å². The van der Waals surface area contributed by atoms with Crippen LogP contribution in [-0.4, -0.2) is 33.0 Å². The second-order valence-corrected chi connectivity index (χ2v) is 9.08. The van der Waals surface area contributed by atoms with Crippen molar-refractivity contribution in [3.63, 3.8) is 0 Å². The summed E-state index contributed by atoms with van der Waals surface area (Å²) in [5.74, 6) is 1.39. The number of rotatable bonds is 7. The number of carbonyl (C=O) groups is 1. The molecule has 6 nitrogen and oxygen atoms in total. The maximum atomic E-state index is 12.9. The summed E-state index contributed by atoms with van der Waals surface area (Å²) in [6.45, 7) is 5.90. The Kier molecular flexibility index (Phi) is 6.79. The number of methoxy groups -OCH3 is 1. The van der Waals surface area contributed by atoms with E-state index in [0.29, 0.717) is 11.0 Å². The summed E-state index contributed by atoms with van der Waals surface area (Å²) in [6, 6.07) is 23.6. The molecule has 0 bridgehead atoms. The van der Waals surface area contributed by atoms with Gasteiger partial charge in [0.15, 0.2) is 11.0 Å². The Bertz CT molecular complexity index is 1250. The SMILES string of the molecule is COc1ccc(-c2nnc(SC(C)C(=O)Nc3ccccc3C)n2-c2ccc(C)cc2)cc1. The van der Waals surface area contributed by atoms with E-state index in [2.05, 4.69) is 27.6 Å². The van der Waals surface area contributed by atoms with Gasteiger partial charge in [0, 0.05) is 16.9 Å². The number of amides is 1. The molecule has 33 heavy (non-hydrogen) atoms. The third-order valence-corrected chi connectivity index (χ3v) is 6.37. The molecule has 3 aromatic carbocycles. The molecule has 4 aromatic rings. The Morgan fingerprint density at radius 1 is 0.970 bits per heavy atom. The first kappa shape index (κ1) is 22.6. The molecule has 0 spiro atoms. The number of anilines is 1. The molecule has 0 fully saturated rings. The zero-order chi connectivity index (χ0) is 23.4. The second kappa shape index (κ2) is 9.92. The van der Waals surface area contributed by atoms with Crippen LogP contribution < -0.4 is 10.1 Å². The first-order valence-corrected chi connectivity index (χ1v) is 11.5. The molecule has 0 radical (unpaired) electrons. The lowest BCUT2D eigenvalue weighted by molar-refractivity contribution is -0.115. The third-order valence-electron chi connectivity index (χ3n) is 5.33. The predicted molar refractivity (Wildman–Crippen MR) is 133 cm³/mol. The molecule has 1 atom stereocenters. The summed E-state index contributed by atoms with van der Waals surface area (Å²) < 4.78 is 7.27. The lowest BCUT2D eigenvalue weighted by Crippen LogP contribution is -2.23. The smallest absolute Gasteiger partial charge is 0.237 e. The molecule has 168 valence electrons. The van der Waals surface area contributed by atoms with E-state index in [0.717, 1.165) is 33.8 Å². The van der Waals surface area contributed by atoms with Crippen LogP contribution in [0.5, 0.6) is 5.75 Å². The molecule has 1 heterocycles. The van der Waals surface area contributed by atoms with Gasteiger partial charge >= 0.3 is 0 Å². The van der Waals surface area contributed by atoms with E-state index in [1.54, 1.807) is 7.11 Å². The van der Waals surface area contributed by atoms with E-state index in [1.165, 1.54) is 11.8 Å². The molecule has 1 amide bonds. The number of aryl methyl sites for hydroxylation is 2. The van der Waals surface area contributed by atoms with Crippen molar-refractivity contribution in [1.82, 2.24) is 14.8 Å². The van der Waals surface area contributed by atoms with Crippen LogP contribution in [0.1, 0.15) is 18.1 Å². The number of hydrogen-bond acceptors (Lipinski definition) is 5. The Hall–Kier alpha value is -3.58. The first-order chi connectivity index (χ1) is 16.0. The Morgan fingerprint density at radius 3 is 2.33 bits per heavy atom. The quantitative estimate of drug-likeness (QED) is 0.361. The molecule has 4 rings (SSSR count). The molecule has 1 unspecified atom stereocenters. The Labute approximate surface area is 198 Å². The minimum atomic E-state index is -0.373. The molecule has 0 saturated carbocycles. The van der Waals surface area contributed by atoms with Crippen molar-refractivity contribution in [2.75, 3.05) is 12.4 Å². The lowest BCUT2D eigenvalue weighted by Gasteiger charge is -2.15. The van der Waals surface area contributed by atoms with Crippen LogP contribution in [0, 0.1) is 13.8 Å². The molecular formula is C26H26N4O2S. The van der Waals surface area contributed by atoms with E-state index >= 15 is 0 Å². The summed E-state index contributed by atoms with van der Waals surface area (Å²) in [6.07, 6.45) is 0. The first-order valence-electron chi connectivity index (χ1n) is 10.7. The number of nitrogens with one attached hydrogen (secondary N) is 1. The van der Waals surface area contributed by atoms with E-state index in [1.807, 2.05) is 86.0 Å². The van der Waals surface area contributed by atoms with Crippen molar-refractivity contribution in [3.8, 4) is 22.8 Å². The number of ether oxygens (including phenoxy) is 1. The van der Waals surface area contributed by atoms with Gasteiger partial charge in [-0.05, 0) is 68.8 Å². The van der Waals surface area contributed by atoms with Gasteiger partial charge in [0.2, 0.25) is 5.91 Å². The minimum Gasteiger partial charge on any atom is -0.497 e. The van der Waals surface area contributed by atoms with Crippen molar-refractivity contribution in [1.29, 1.82) is 0 Å². The normalized spacial score (nSPS) is 11.8. The van der Waals surface area contributed by atoms with Gasteiger partial charge in [0.05, 0.1) is 12.4 Å². The third kappa shape index (κ3) is 5.09. The van der Waals surface area contributed by atoms with Gasteiger partial charge in [-0.25, -0.2) is 0 Å². The highest BCUT2D eigenvalue weighted by atomic mass is 32.2. The van der Waals surface area contributed by atoms with Crippen molar-refractivity contribution < 1.29 is 9.53 Å². The van der Waals surface area contributed by atoms with Gasteiger partial charge in [0.25, 0.3) is 0 Å². The molecule has 0 saturated heterocycles. The van der Waals surface area contributed by atoms with Crippen LogP contribution in [0.3, 0.4) is 0 Å². The van der Waals surface area contributed by atoms with Crippen molar-refractivity contribution in [3.05, 3.63) is 83.9 Å². The van der Waals surface area contributed by atoms with Crippen LogP contribution in [0.15, 0.2) is 78.0 Å². The summed E-state index contributed by atoms with van der Waals surface area (Å²) in [5.41, 5.74) is 4.85. The summed E-state index contributed by atoms with van der Waals surface area (Å²) in [5, 5.41) is 12.2. The average molecular weight is 459 g/mol. The number of carbonyl (C=O) groups excluding carboxylic acids is 1. The van der Waals surface area contributed by atoms with Gasteiger partial charge in [0.1, 0.15) is 5.75 Å². The van der Waals surface area contributed by atoms with E-state index in [-0.39, 0.29) is 11.2 Å². The van der Waals surface area contributed by atoms with Crippen molar-refractivity contribution in [2.45, 2.75) is 31.2 Å². The zero-order valence-electron chi connectivity index (χ0n) is 19.1. The molecule has 1 N–H and O–H groups in total. The summed E-state index contributed by atoms with van der Waals surface area (Å²) in [4.78, 5) is 12.9. The second-order valence-electron chi connectivity index (χ2n) is 7.77. The van der Waals surface area contributed by atoms with E-state index in [4.69, 9.17) is 4.74 Å².